The maximum atomic E-state index is 10.3. The van der Waals surface area contributed by atoms with Crippen LogP contribution in [0.25, 0.3) is 0 Å². The quantitative estimate of drug-likeness (QED) is 0.315. The molecule has 0 aliphatic carbocycles. The number of nitro groups is 1. The molecule has 0 bridgehead atoms. The first-order chi connectivity index (χ1) is 5.66. The average molecular weight is 237 g/mol. The summed E-state index contributed by atoms with van der Waals surface area (Å²) in [6.45, 7) is 2.70. The Kier molecular flexibility index (Phi) is 2.85. The van der Waals surface area contributed by atoms with Crippen molar-refractivity contribution in [1.29, 1.82) is 0 Å². The van der Waals surface area contributed by atoms with E-state index in [1.165, 1.54) is 6.34 Å². The molecule has 68 valence electrons. The fourth-order valence-electron chi connectivity index (χ4n) is 0.879. The Morgan fingerprint density at radius 3 is 2.92 bits per heavy atom. The Morgan fingerprint density at radius 1 is 1.83 bits per heavy atom. The molecule has 0 N–H and O–H groups in total. The molecular weight excluding hydrogens is 228 g/mol. The zero-order valence-electron chi connectivity index (χ0n) is 6.55. The van der Waals surface area contributed by atoms with Gasteiger partial charge in [0.25, 0.3) is 0 Å². The Morgan fingerprint density at radius 2 is 2.50 bits per heavy atom. The van der Waals surface area contributed by atoms with E-state index >= 15 is 0 Å². The first kappa shape index (κ1) is 9.24. The molecule has 7 heteroatoms. The van der Waals surface area contributed by atoms with Gasteiger partial charge in [-0.2, -0.15) is 5.10 Å². The number of halogens is 1. The molecule has 0 radical (unpaired) electrons. The van der Waals surface area contributed by atoms with Crippen LogP contribution >= 0.6 is 15.9 Å². The van der Waals surface area contributed by atoms with Gasteiger partial charge in [-0.05, 0) is 27.4 Å². The average Bonchev–Trinajstić information content (AvgIpc) is 2.34. The number of hydrazine groups is 1. The molecule has 0 saturated carbocycles. The SMILES string of the molecule is CCCN1N=CN([N+](=O)[O-])C1Br. The molecule has 0 saturated heterocycles. The van der Waals surface area contributed by atoms with Crippen LogP contribution in [0.1, 0.15) is 13.3 Å². The van der Waals surface area contributed by atoms with Crippen molar-refractivity contribution >= 4 is 22.3 Å². The van der Waals surface area contributed by atoms with E-state index in [0.29, 0.717) is 6.54 Å². The van der Waals surface area contributed by atoms with Crippen molar-refractivity contribution in [1.82, 2.24) is 10.0 Å². The normalized spacial score (nSPS) is 22.0. The van der Waals surface area contributed by atoms with Crippen LogP contribution in [0, 0.1) is 10.1 Å². The van der Waals surface area contributed by atoms with E-state index < -0.39 is 10.1 Å². The zero-order valence-corrected chi connectivity index (χ0v) is 8.14. The van der Waals surface area contributed by atoms with E-state index in [0.717, 1.165) is 11.4 Å². The highest BCUT2D eigenvalue weighted by Crippen LogP contribution is 2.17. The Bertz CT molecular complexity index is 210. The minimum absolute atomic E-state index is 0.451. The first-order valence-corrected chi connectivity index (χ1v) is 4.46. The maximum absolute atomic E-state index is 10.3. The van der Waals surface area contributed by atoms with E-state index in [4.69, 9.17) is 0 Å². The van der Waals surface area contributed by atoms with Gasteiger partial charge in [0.2, 0.25) is 5.08 Å². The lowest BCUT2D eigenvalue weighted by atomic mass is 10.5. The van der Waals surface area contributed by atoms with E-state index in [1.807, 2.05) is 6.92 Å². The largest absolute Gasteiger partial charge is 0.257 e. The molecule has 0 spiro atoms. The Balaban J connectivity index is 2.55. The fraction of sp³-hybridized carbons (Fsp3) is 0.800. The van der Waals surface area contributed by atoms with Crippen molar-refractivity contribution in [3.8, 4) is 0 Å². The Hall–Kier alpha value is -0.850. The van der Waals surface area contributed by atoms with Crippen molar-refractivity contribution in [2.45, 2.75) is 18.4 Å². The summed E-state index contributed by atoms with van der Waals surface area (Å²) in [7, 11) is 0. The lowest BCUT2D eigenvalue weighted by Crippen LogP contribution is -2.38. The van der Waals surface area contributed by atoms with Gasteiger partial charge in [-0.15, -0.1) is 0 Å². The summed E-state index contributed by atoms with van der Waals surface area (Å²) in [5, 5.41) is 15.8. The number of hydrogen-bond donors (Lipinski definition) is 0. The van der Waals surface area contributed by atoms with Crippen LogP contribution in [0.2, 0.25) is 0 Å². The summed E-state index contributed by atoms with van der Waals surface area (Å²) in [6.07, 6.45) is 2.11. The van der Waals surface area contributed by atoms with Gasteiger partial charge >= 0.3 is 0 Å². The molecule has 0 aromatic carbocycles. The van der Waals surface area contributed by atoms with E-state index in [2.05, 4.69) is 21.0 Å². The van der Waals surface area contributed by atoms with Crippen molar-refractivity contribution in [2.75, 3.05) is 6.54 Å². The standard InChI is InChI=1S/C5H9BrN4O2/c1-2-3-8-5(6)9(4-7-8)10(11)12/h4-5H,2-3H2,1H3. The summed E-state index contributed by atoms with van der Waals surface area (Å²) >= 11 is 3.16. The number of nitrogens with zero attached hydrogens (tertiary/aromatic N) is 4. The van der Waals surface area contributed by atoms with Crippen LogP contribution in [0.15, 0.2) is 5.10 Å². The highest BCUT2D eigenvalue weighted by Gasteiger charge is 2.32. The maximum Gasteiger partial charge on any atom is 0.238 e. The molecule has 1 aliphatic heterocycles. The topological polar surface area (TPSA) is 62.0 Å². The molecule has 1 unspecified atom stereocenters. The molecule has 0 aromatic heterocycles. The van der Waals surface area contributed by atoms with Gasteiger partial charge in [-0.1, -0.05) is 6.92 Å². The smallest absolute Gasteiger partial charge is 0.238 e. The number of alkyl halides is 1. The first-order valence-electron chi connectivity index (χ1n) is 3.54. The van der Waals surface area contributed by atoms with E-state index in [9.17, 15) is 10.1 Å². The van der Waals surface area contributed by atoms with Crippen LogP contribution in [0.5, 0.6) is 0 Å². The summed E-state index contributed by atoms with van der Waals surface area (Å²) in [4.78, 5) is 10.3. The van der Waals surface area contributed by atoms with Crippen LogP contribution < -0.4 is 0 Å². The number of rotatable bonds is 3. The van der Waals surface area contributed by atoms with Crippen LogP contribution in [0.4, 0.5) is 0 Å². The summed E-state index contributed by atoms with van der Waals surface area (Å²) in [5.74, 6) is 0. The molecule has 1 rings (SSSR count). The third-order valence-corrected chi connectivity index (χ3v) is 2.32. The second kappa shape index (κ2) is 3.70. The van der Waals surface area contributed by atoms with Gasteiger partial charge in [0.15, 0.2) is 11.4 Å². The second-order valence-corrected chi connectivity index (χ2v) is 3.14. The van der Waals surface area contributed by atoms with E-state index in [1.54, 1.807) is 5.01 Å². The molecule has 6 nitrogen and oxygen atoms in total. The van der Waals surface area contributed by atoms with Gasteiger partial charge in [-0.25, -0.2) is 10.1 Å². The van der Waals surface area contributed by atoms with Gasteiger partial charge < -0.3 is 0 Å². The molecular formula is C5H9BrN4O2. The molecule has 0 fully saturated rings. The highest BCUT2D eigenvalue weighted by atomic mass is 79.9. The van der Waals surface area contributed by atoms with Gasteiger partial charge in [-0.3, -0.25) is 5.01 Å². The lowest BCUT2D eigenvalue weighted by molar-refractivity contribution is -0.631. The molecule has 0 amide bonds. The highest BCUT2D eigenvalue weighted by molar-refractivity contribution is 9.09. The predicted molar refractivity (Wildman–Crippen MR) is 47.0 cm³/mol. The van der Waals surface area contributed by atoms with Crippen molar-refractivity contribution < 1.29 is 5.03 Å². The van der Waals surface area contributed by atoms with Crippen molar-refractivity contribution in [3.05, 3.63) is 10.1 Å². The van der Waals surface area contributed by atoms with Gasteiger partial charge in [0.1, 0.15) is 0 Å². The van der Waals surface area contributed by atoms with Crippen molar-refractivity contribution in [2.24, 2.45) is 5.10 Å². The summed E-state index contributed by atoms with van der Waals surface area (Å²) in [6, 6.07) is 0. The number of hydrazone groups is 1. The van der Waals surface area contributed by atoms with E-state index in [-0.39, 0.29) is 0 Å². The van der Waals surface area contributed by atoms with Gasteiger partial charge in [0.05, 0.1) is 0 Å². The second-order valence-electron chi connectivity index (χ2n) is 2.32. The van der Waals surface area contributed by atoms with Crippen LogP contribution in [0.3, 0.4) is 0 Å². The minimum Gasteiger partial charge on any atom is -0.257 e. The third kappa shape index (κ3) is 1.66. The van der Waals surface area contributed by atoms with Crippen LogP contribution in [-0.4, -0.2) is 33.0 Å². The Labute approximate surface area is 78.1 Å². The molecule has 1 atom stereocenters. The monoisotopic (exact) mass is 236 g/mol. The molecule has 0 aromatic rings. The predicted octanol–water partition coefficient (Wildman–Crippen LogP) is 0.828. The molecule has 12 heavy (non-hydrogen) atoms. The fourth-order valence-corrected chi connectivity index (χ4v) is 1.44. The van der Waals surface area contributed by atoms with Crippen LogP contribution in [-0.2, 0) is 0 Å². The summed E-state index contributed by atoms with van der Waals surface area (Å²) < 4.78 is 0. The minimum atomic E-state index is -0.501. The molecule has 1 aliphatic rings. The molecule has 1 heterocycles. The lowest BCUT2D eigenvalue weighted by Gasteiger charge is -2.18. The number of hydrogen-bond acceptors (Lipinski definition) is 4. The summed E-state index contributed by atoms with van der Waals surface area (Å²) in [5.41, 5.74) is 0. The zero-order chi connectivity index (χ0) is 9.14. The third-order valence-electron chi connectivity index (χ3n) is 1.42. The van der Waals surface area contributed by atoms with Gasteiger partial charge in [0, 0.05) is 6.54 Å². The van der Waals surface area contributed by atoms with Crippen molar-refractivity contribution in [3.63, 3.8) is 0 Å².